The molecule has 0 saturated heterocycles. The Morgan fingerprint density at radius 3 is 2.10 bits per heavy atom. The van der Waals surface area contributed by atoms with Crippen LogP contribution in [0.2, 0.25) is 0 Å². The summed E-state index contributed by atoms with van der Waals surface area (Å²) >= 11 is 0. The summed E-state index contributed by atoms with van der Waals surface area (Å²) in [7, 11) is 1.62. The highest BCUT2D eigenvalue weighted by atomic mass is 16.5. The molecule has 2 heteroatoms. The van der Waals surface area contributed by atoms with Gasteiger partial charge < -0.3 is 9.84 Å². The monoisotopic (exact) mass is 270 g/mol. The van der Waals surface area contributed by atoms with Crippen molar-refractivity contribution in [2.45, 2.75) is 25.4 Å². The first-order valence-electron chi connectivity index (χ1n) is 7.02. The van der Waals surface area contributed by atoms with Crippen LogP contribution in [-0.2, 0) is 23.2 Å². The molecule has 1 unspecified atom stereocenters. The highest BCUT2D eigenvalue weighted by Crippen LogP contribution is 2.26. The predicted octanol–water partition coefficient (Wildman–Crippen LogP) is 3.33. The Labute approximate surface area is 121 Å². The lowest BCUT2D eigenvalue weighted by molar-refractivity contribution is -0.0355. The van der Waals surface area contributed by atoms with Gasteiger partial charge in [-0.25, -0.2) is 0 Å². The lowest BCUT2D eigenvalue weighted by atomic mass is 9.87. The van der Waals surface area contributed by atoms with E-state index in [-0.39, 0.29) is 6.61 Å². The number of aryl methyl sites for hydroxylation is 1. The molecule has 20 heavy (non-hydrogen) atoms. The van der Waals surface area contributed by atoms with Crippen LogP contribution in [0, 0.1) is 0 Å². The number of rotatable bonds is 6. The fourth-order valence-electron chi connectivity index (χ4n) is 2.45. The largest absolute Gasteiger partial charge is 0.382 e. The average molecular weight is 270 g/mol. The molecule has 1 N–H and O–H groups in total. The van der Waals surface area contributed by atoms with Crippen LogP contribution in [0.5, 0.6) is 0 Å². The molecule has 0 bridgehead atoms. The normalized spacial score (nSPS) is 13.9. The van der Waals surface area contributed by atoms with Gasteiger partial charge in [-0.05, 0) is 23.1 Å². The van der Waals surface area contributed by atoms with Gasteiger partial charge >= 0.3 is 0 Å². The molecule has 0 aliphatic rings. The van der Waals surface area contributed by atoms with Crippen molar-refractivity contribution in [3.05, 3.63) is 71.3 Å². The van der Waals surface area contributed by atoms with Crippen molar-refractivity contribution < 1.29 is 9.84 Å². The molecule has 0 aliphatic heterocycles. The lowest BCUT2D eigenvalue weighted by Gasteiger charge is -2.28. The van der Waals surface area contributed by atoms with Crippen molar-refractivity contribution in [3.63, 3.8) is 0 Å². The number of hydrogen-bond donors (Lipinski definition) is 1. The third-order valence-corrected chi connectivity index (χ3v) is 3.62. The second kappa shape index (κ2) is 6.69. The zero-order valence-electron chi connectivity index (χ0n) is 12.2. The van der Waals surface area contributed by atoms with Gasteiger partial charge in [0.25, 0.3) is 0 Å². The van der Waals surface area contributed by atoms with E-state index in [9.17, 15) is 5.11 Å². The summed E-state index contributed by atoms with van der Waals surface area (Å²) in [6.07, 6.45) is 1.58. The van der Waals surface area contributed by atoms with Crippen LogP contribution in [0.4, 0.5) is 0 Å². The van der Waals surface area contributed by atoms with Crippen LogP contribution in [0.25, 0.3) is 0 Å². The molecule has 2 rings (SSSR count). The Morgan fingerprint density at radius 2 is 1.55 bits per heavy atom. The average Bonchev–Trinajstić information content (AvgIpc) is 2.49. The Morgan fingerprint density at radius 1 is 0.950 bits per heavy atom. The van der Waals surface area contributed by atoms with Crippen LogP contribution in [0.3, 0.4) is 0 Å². The molecule has 1 atom stereocenters. The zero-order chi connectivity index (χ0) is 14.4. The maximum atomic E-state index is 10.9. The van der Waals surface area contributed by atoms with Crippen molar-refractivity contribution in [3.8, 4) is 0 Å². The van der Waals surface area contributed by atoms with Gasteiger partial charge in [-0.1, -0.05) is 61.5 Å². The topological polar surface area (TPSA) is 29.5 Å². The summed E-state index contributed by atoms with van der Waals surface area (Å²) in [5, 5.41) is 10.9. The van der Waals surface area contributed by atoms with Crippen LogP contribution in [-0.4, -0.2) is 18.8 Å². The summed E-state index contributed by atoms with van der Waals surface area (Å²) < 4.78 is 5.23. The van der Waals surface area contributed by atoms with E-state index in [1.54, 1.807) is 7.11 Å². The highest BCUT2D eigenvalue weighted by Gasteiger charge is 2.29. The van der Waals surface area contributed by atoms with Crippen LogP contribution < -0.4 is 0 Å². The van der Waals surface area contributed by atoms with Gasteiger partial charge in [-0.2, -0.15) is 0 Å². The SMILES string of the molecule is CCc1ccc(CC(O)(COC)c2ccccc2)cc1. The van der Waals surface area contributed by atoms with Crippen molar-refractivity contribution >= 4 is 0 Å². The standard InChI is InChI=1S/C18H22O2/c1-3-15-9-11-16(12-10-15)13-18(19,14-20-2)17-7-5-4-6-8-17/h4-12,19H,3,13-14H2,1-2H3. The highest BCUT2D eigenvalue weighted by molar-refractivity contribution is 5.29. The molecule has 0 fully saturated rings. The molecule has 0 amide bonds. The summed E-state index contributed by atoms with van der Waals surface area (Å²) in [6.45, 7) is 2.42. The van der Waals surface area contributed by atoms with Crippen LogP contribution in [0.15, 0.2) is 54.6 Å². The smallest absolute Gasteiger partial charge is 0.117 e. The number of aliphatic hydroxyl groups is 1. The second-order valence-electron chi connectivity index (χ2n) is 5.18. The minimum Gasteiger partial charge on any atom is -0.382 e. The third kappa shape index (κ3) is 3.47. The van der Waals surface area contributed by atoms with E-state index in [0.29, 0.717) is 6.42 Å². The van der Waals surface area contributed by atoms with Gasteiger partial charge in [0, 0.05) is 13.5 Å². The molecule has 0 aliphatic carbocycles. The van der Waals surface area contributed by atoms with E-state index in [4.69, 9.17) is 4.74 Å². The Kier molecular flexibility index (Phi) is 4.94. The van der Waals surface area contributed by atoms with Crippen molar-refractivity contribution in [1.29, 1.82) is 0 Å². The van der Waals surface area contributed by atoms with Crippen molar-refractivity contribution in [1.82, 2.24) is 0 Å². The molecule has 106 valence electrons. The first-order valence-corrected chi connectivity index (χ1v) is 7.02. The molecule has 0 saturated carbocycles. The zero-order valence-corrected chi connectivity index (χ0v) is 12.2. The van der Waals surface area contributed by atoms with Crippen LogP contribution >= 0.6 is 0 Å². The quantitative estimate of drug-likeness (QED) is 0.872. The molecule has 0 heterocycles. The van der Waals surface area contributed by atoms with E-state index in [1.807, 2.05) is 30.3 Å². The molecule has 2 nitrogen and oxygen atoms in total. The van der Waals surface area contributed by atoms with Crippen molar-refractivity contribution in [2.75, 3.05) is 13.7 Å². The van der Waals surface area contributed by atoms with Gasteiger partial charge in [0.2, 0.25) is 0 Å². The van der Waals surface area contributed by atoms with E-state index in [0.717, 1.165) is 17.5 Å². The second-order valence-corrected chi connectivity index (χ2v) is 5.18. The first kappa shape index (κ1) is 14.8. The number of ether oxygens (including phenoxy) is 1. The molecular weight excluding hydrogens is 248 g/mol. The van der Waals surface area contributed by atoms with E-state index in [2.05, 4.69) is 31.2 Å². The minimum atomic E-state index is -0.982. The van der Waals surface area contributed by atoms with Gasteiger partial charge in [-0.3, -0.25) is 0 Å². The molecule has 2 aromatic rings. The summed E-state index contributed by atoms with van der Waals surface area (Å²) in [5.41, 5.74) is 2.33. The Bertz CT molecular complexity index is 519. The molecule has 2 aromatic carbocycles. The van der Waals surface area contributed by atoms with E-state index in [1.165, 1.54) is 5.56 Å². The Hall–Kier alpha value is -1.64. The molecule has 0 aromatic heterocycles. The lowest BCUT2D eigenvalue weighted by Crippen LogP contribution is -2.33. The maximum Gasteiger partial charge on any atom is 0.117 e. The van der Waals surface area contributed by atoms with Crippen molar-refractivity contribution in [2.24, 2.45) is 0 Å². The van der Waals surface area contributed by atoms with Gasteiger partial charge in [0.15, 0.2) is 0 Å². The van der Waals surface area contributed by atoms with Gasteiger partial charge in [0.05, 0.1) is 6.61 Å². The number of hydrogen-bond acceptors (Lipinski definition) is 2. The summed E-state index contributed by atoms with van der Waals surface area (Å²) in [6, 6.07) is 18.1. The Balaban J connectivity index is 2.24. The fraction of sp³-hybridized carbons (Fsp3) is 0.333. The molecule has 0 radical (unpaired) electrons. The van der Waals surface area contributed by atoms with E-state index < -0.39 is 5.60 Å². The van der Waals surface area contributed by atoms with Gasteiger partial charge in [-0.15, -0.1) is 0 Å². The molecular formula is C18H22O2. The fourth-order valence-corrected chi connectivity index (χ4v) is 2.45. The summed E-state index contributed by atoms with van der Waals surface area (Å²) in [5.74, 6) is 0. The van der Waals surface area contributed by atoms with E-state index >= 15 is 0 Å². The van der Waals surface area contributed by atoms with Crippen LogP contribution in [0.1, 0.15) is 23.6 Å². The summed E-state index contributed by atoms with van der Waals surface area (Å²) in [4.78, 5) is 0. The number of benzene rings is 2. The number of methoxy groups -OCH3 is 1. The maximum absolute atomic E-state index is 10.9. The first-order chi connectivity index (χ1) is 9.68. The third-order valence-electron chi connectivity index (χ3n) is 3.62. The molecule has 0 spiro atoms. The predicted molar refractivity (Wildman–Crippen MR) is 81.7 cm³/mol. The minimum absolute atomic E-state index is 0.284. The van der Waals surface area contributed by atoms with Gasteiger partial charge in [0.1, 0.15) is 5.60 Å².